The molecule has 9 heteroatoms. The van der Waals surface area contributed by atoms with Crippen LogP contribution in [0.2, 0.25) is 0 Å². The molecule has 2 heterocycles. The first kappa shape index (κ1) is 21.3. The molecule has 0 spiro atoms. The summed E-state index contributed by atoms with van der Waals surface area (Å²) in [4.78, 5) is 16.6. The average molecular weight is 421 g/mol. The predicted molar refractivity (Wildman–Crippen MR) is 109 cm³/mol. The molecule has 158 valence electrons. The van der Waals surface area contributed by atoms with Gasteiger partial charge in [0.2, 0.25) is 5.91 Å². The van der Waals surface area contributed by atoms with E-state index in [4.69, 9.17) is 4.74 Å². The fourth-order valence-corrected chi connectivity index (χ4v) is 4.82. The van der Waals surface area contributed by atoms with Gasteiger partial charge < -0.3 is 14.6 Å². The zero-order chi connectivity index (χ0) is 20.9. The van der Waals surface area contributed by atoms with E-state index >= 15 is 0 Å². The number of piperidine rings is 1. The minimum absolute atomic E-state index is 0.0368. The predicted octanol–water partition coefficient (Wildman–Crippen LogP) is 2.02. The number of nitrogens with zero attached hydrogens (tertiary/aromatic N) is 3. The van der Waals surface area contributed by atoms with E-state index in [0.717, 1.165) is 11.3 Å². The van der Waals surface area contributed by atoms with Crippen LogP contribution in [0.3, 0.4) is 0 Å². The third-order valence-electron chi connectivity index (χ3n) is 5.03. The lowest BCUT2D eigenvalue weighted by atomic mass is 9.99. The maximum atomic E-state index is 12.9. The van der Waals surface area contributed by atoms with E-state index in [1.54, 1.807) is 4.57 Å². The number of nitrogens with one attached hydrogen (secondary N) is 1. The van der Waals surface area contributed by atoms with Crippen LogP contribution < -0.4 is 10.1 Å². The summed E-state index contributed by atoms with van der Waals surface area (Å²) < 4.78 is 34.2. The Bertz CT molecular complexity index is 924. The summed E-state index contributed by atoms with van der Waals surface area (Å²) in [6, 6.07) is 7.56. The molecule has 1 aromatic carbocycles. The van der Waals surface area contributed by atoms with Crippen molar-refractivity contribution >= 4 is 15.9 Å². The van der Waals surface area contributed by atoms with Crippen molar-refractivity contribution in [2.24, 2.45) is 5.92 Å². The second-order valence-corrected chi connectivity index (χ2v) is 8.92. The zero-order valence-corrected chi connectivity index (χ0v) is 17.7. The Labute approximate surface area is 171 Å². The number of imidazole rings is 1. The molecule has 1 saturated heterocycles. The number of aromatic nitrogens is 2. The van der Waals surface area contributed by atoms with Gasteiger partial charge in [-0.1, -0.05) is 12.1 Å². The summed E-state index contributed by atoms with van der Waals surface area (Å²) in [7, 11) is -3.69. The lowest BCUT2D eigenvalue weighted by molar-refractivity contribution is -0.126. The summed E-state index contributed by atoms with van der Waals surface area (Å²) >= 11 is 0. The highest BCUT2D eigenvalue weighted by Gasteiger charge is 2.34. The van der Waals surface area contributed by atoms with Crippen LogP contribution in [-0.4, -0.2) is 47.9 Å². The fourth-order valence-electron chi connectivity index (χ4n) is 3.36. The summed E-state index contributed by atoms with van der Waals surface area (Å²) in [5, 5.41) is 2.96. The van der Waals surface area contributed by atoms with E-state index < -0.39 is 10.0 Å². The van der Waals surface area contributed by atoms with Crippen molar-refractivity contribution in [2.45, 2.75) is 44.8 Å². The number of amides is 1. The summed E-state index contributed by atoms with van der Waals surface area (Å²) in [6.07, 6.45) is 4.36. The van der Waals surface area contributed by atoms with Crippen molar-refractivity contribution < 1.29 is 17.9 Å². The highest BCUT2D eigenvalue weighted by molar-refractivity contribution is 7.89. The fraction of sp³-hybridized carbons (Fsp3) is 0.500. The number of sulfonamides is 1. The van der Waals surface area contributed by atoms with Crippen molar-refractivity contribution in [3.8, 4) is 5.75 Å². The summed E-state index contributed by atoms with van der Waals surface area (Å²) in [5.74, 6) is 0.300. The molecular weight excluding hydrogens is 392 g/mol. The minimum atomic E-state index is -3.69. The van der Waals surface area contributed by atoms with Crippen LogP contribution in [0.25, 0.3) is 0 Å². The van der Waals surface area contributed by atoms with Crippen molar-refractivity contribution in [1.82, 2.24) is 19.2 Å². The molecule has 0 saturated carbocycles. The van der Waals surface area contributed by atoms with Gasteiger partial charge in [-0.3, -0.25) is 4.79 Å². The van der Waals surface area contributed by atoms with Gasteiger partial charge in [0.15, 0.2) is 5.03 Å². The Morgan fingerprint density at radius 3 is 2.69 bits per heavy atom. The van der Waals surface area contributed by atoms with Gasteiger partial charge in [-0.15, -0.1) is 0 Å². The molecule has 2 aromatic rings. The highest BCUT2D eigenvalue weighted by atomic mass is 32.2. The first-order chi connectivity index (χ1) is 13.9. The number of hydrogen-bond acceptors (Lipinski definition) is 5. The zero-order valence-electron chi connectivity index (χ0n) is 16.9. The molecule has 1 aliphatic heterocycles. The number of aryl methyl sites for hydroxylation is 1. The van der Waals surface area contributed by atoms with Crippen LogP contribution in [0.4, 0.5) is 0 Å². The van der Waals surface area contributed by atoms with Gasteiger partial charge in [0, 0.05) is 32.4 Å². The molecule has 1 aromatic heterocycles. The Hall–Kier alpha value is -2.39. The molecule has 0 radical (unpaired) electrons. The Kier molecular flexibility index (Phi) is 6.92. The third kappa shape index (κ3) is 5.16. The van der Waals surface area contributed by atoms with E-state index in [1.807, 2.05) is 38.1 Å². The van der Waals surface area contributed by atoms with E-state index in [-0.39, 0.29) is 23.4 Å². The number of benzene rings is 1. The van der Waals surface area contributed by atoms with Gasteiger partial charge in [-0.05, 0) is 44.4 Å². The van der Waals surface area contributed by atoms with Crippen molar-refractivity contribution in [3.63, 3.8) is 0 Å². The van der Waals surface area contributed by atoms with Crippen LogP contribution in [-0.2, 0) is 27.9 Å². The first-order valence-electron chi connectivity index (χ1n) is 9.95. The van der Waals surface area contributed by atoms with Gasteiger partial charge in [-0.2, -0.15) is 4.31 Å². The largest absolute Gasteiger partial charge is 0.494 e. The first-order valence-corrected chi connectivity index (χ1v) is 11.4. The SMILES string of the molecule is CCOc1ccc(CNC(=O)[C@H]2CCCN(S(=O)(=O)c3cn(CC)cn3)C2)cc1. The molecule has 1 aliphatic rings. The molecule has 1 amide bonds. The monoisotopic (exact) mass is 420 g/mol. The third-order valence-corrected chi connectivity index (χ3v) is 6.79. The number of ether oxygens (including phenoxy) is 1. The number of rotatable bonds is 8. The van der Waals surface area contributed by atoms with E-state index in [2.05, 4.69) is 10.3 Å². The molecule has 1 N–H and O–H groups in total. The quantitative estimate of drug-likeness (QED) is 0.705. The van der Waals surface area contributed by atoms with E-state index in [9.17, 15) is 13.2 Å². The van der Waals surface area contributed by atoms with E-state index in [1.165, 1.54) is 16.8 Å². The van der Waals surface area contributed by atoms with Crippen molar-refractivity contribution in [2.75, 3.05) is 19.7 Å². The summed E-state index contributed by atoms with van der Waals surface area (Å²) in [6.45, 7) is 6.09. The lowest BCUT2D eigenvalue weighted by Crippen LogP contribution is -2.45. The lowest BCUT2D eigenvalue weighted by Gasteiger charge is -2.30. The molecule has 0 bridgehead atoms. The van der Waals surface area contributed by atoms with Crippen LogP contribution in [0.15, 0.2) is 41.8 Å². The van der Waals surface area contributed by atoms with Crippen molar-refractivity contribution in [1.29, 1.82) is 0 Å². The molecule has 0 aliphatic carbocycles. The molecule has 0 unspecified atom stereocenters. The standard InChI is InChI=1S/C20H28N4O4S/c1-3-23-14-19(22-15-23)29(26,27)24-11-5-6-17(13-24)20(25)21-12-16-7-9-18(10-8-16)28-4-2/h7-10,14-15,17H,3-6,11-13H2,1-2H3,(H,21,25)/t17-/m0/s1. The smallest absolute Gasteiger partial charge is 0.262 e. The Morgan fingerprint density at radius 2 is 2.03 bits per heavy atom. The van der Waals surface area contributed by atoms with Gasteiger partial charge in [0.1, 0.15) is 5.75 Å². The number of carbonyl (C=O) groups is 1. The Morgan fingerprint density at radius 1 is 1.28 bits per heavy atom. The normalized spacial score (nSPS) is 17.8. The minimum Gasteiger partial charge on any atom is -0.494 e. The van der Waals surface area contributed by atoms with E-state index in [0.29, 0.717) is 39.1 Å². The van der Waals surface area contributed by atoms with Crippen LogP contribution in [0.1, 0.15) is 32.3 Å². The van der Waals surface area contributed by atoms with Gasteiger partial charge in [-0.25, -0.2) is 13.4 Å². The maximum absolute atomic E-state index is 12.9. The second kappa shape index (κ2) is 9.41. The van der Waals surface area contributed by atoms with Crippen LogP contribution in [0.5, 0.6) is 5.75 Å². The topological polar surface area (TPSA) is 93.5 Å². The molecule has 3 rings (SSSR count). The number of carbonyl (C=O) groups excluding carboxylic acids is 1. The molecular formula is C20H28N4O4S. The Balaban J connectivity index is 1.58. The molecule has 8 nitrogen and oxygen atoms in total. The maximum Gasteiger partial charge on any atom is 0.262 e. The summed E-state index contributed by atoms with van der Waals surface area (Å²) in [5.41, 5.74) is 0.965. The van der Waals surface area contributed by atoms with Gasteiger partial charge in [0.25, 0.3) is 10.0 Å². The molecule has 1 atom stereocenters. The van der Waals surface area contributed by atoms with Crippen LogP contribution in [0, 0.1) is 5.92 Å². The van der Waals surface area contributed by atoms with Crippen molar-refractivity contribution in [3.05, 3.63) is 42.4 Å². The number of hydrogen-bond donors (Lipinski definition) is 1. The highest BCUT2D eigenvalue weighted by Crippen LogP contribution is 2.23. The van der Waals surface area contributed by atoms with Gasteiger partial charge in [0.05, 0.1) is 18.9 Å². The average Bonchev–Trinajstić information content (AvgIpc) is 3.23. The van der Waals surface area contributed by atoms with Gasteiger partial charge >= 0.3 is 0 Å². The van der Waals surface area contributed by atoms with Crippen LogP contribution >= 0.6 is 0 Å². The molecule has 29 heavy (non-hydrogen) atoms. The molecule has 1 fully saturated rings. The second-order valence-electron chi connectivity index (χ2n) is 7.04.